The van der Waals surface area contributed by atoms with Gasteiger partial charge in [-0.05, 0) is 35.2 Å². The molecule has 0 bridgehead atoms. The minimum Gasteiger partial charge on any atom is -0.332 e. The van der Waals surface area contributed by atoms with Crippen molar-refractivity contribution in [3.63, 3.8) is 0 Å². The van der Waals surface area contributed by atoms with E-state index in [9.17, 15) is 4.79 Å². The molecule has 0 heterocycles. The number of anilines is 1. The van der Waals surface area contributed by atoms with Gasteiger partial charge in [-0.15, -0.1) is 0 Å². The van der Waals surface area contributed by atoms with Crippen molar-refractivity contribution >= 4 is 28.9 Å². The highest BCUT2D eigenvalue weighted by Crippen LogP contribution is 2.23. The first-order chi connectivity index (χ1) is 9.19. The van der Waals surface area contributed by atoms with Gasteiger partial charge < -0.3 is 10.6 Å². The molecule has 110 valence electrons. The highest BCUT2D eigenvalue weighted by atomic mass is 32.1. The maximum absolute atomic E-state index is 11.8. The van der Waals surface area contributed by atoms with Gasteiger partial charge in [0.1, 0.15) is 0 Å². The van der Waals surface area contributed by atoms with Crippen molar-refractivity contribution in [1.82, 2.24) is 5.32 Å². The standard InChI is InChI=1S/C16H24N2OS/c1-11(2)12-8-6-7-9-13(12)17-15(20)18-14(19)10-16(3,4)5/h6-9,11H,10H2,1-5H3,(H2,17,18,19,20). The molecule has 0 radical (unpaired) electrons. The molecule has 1 aromatic carbocycles. The molecule has 4 heteroatoms. The van der Waals surface area contributed by atoms with Gasteiger partial charge in [0.2, 0.25) is 5.91 Å². The van der Waals surface area contributed by atoms with E-state index in [2.05, 4.69) is 30.5 Å². The number of nitrogens with one attached hydrogen (secondary N) is 2. The molecular weight excluding hydrogens is 268 g/mol. The van der Waals surface area contributed by atoms with Crippen LogP contribution in [0.2, 0.25) is 0 Å². The Balaban J connectivity index is 2.66. The summed E-state index contributed by atoms with van der Waals surface area (Å²) >= 11 is 5.20. The van der Waals surface area contributed by atoms with E-state index in [1.165, 1.54) is 5.56 Å². The van der Waals surface area contributed by atoms with Crippen LogP contribution in [0.4, 0.5) is 5.69 Å². The number of hydrogen-bond donors (Lipinski definition) is 2. The molecule has 1 rings (SSSR count). The Bertz CT molecular complexity index is 489. The van der Waals surface area contributed by atoms with Gasteiger partial charge in [-0.25, -0.2) is 0 Å². The second-order valence-corrected chi connectivity index (χ2v) is 6.89. The van der Waals surface area contributed by atoms with Crippen LogP contribution in [0.3, 0.4) is 0 Å². The molecule has 0 saturated heterocycles. The van der Waals surface area contributed by atoms with Crippen LogP contribution in [-0.4, -0.2) is 11.0 Å². The minimum absolute atomic E-state index is 0.0461. The number of benzene rings is 1. The summed E-state index contributed by atoms with van der Waals surface area (Å²) in [6, 6.07) is 7.99. The molecular formula is C16H24N2OS. The molecule has 0 fully saturated rings. The number of rotatable bonds is 3. The smallest absolute Gasteiger partial charge is 0.226 e. The molecule has 0 aromatic heterocycles. The second-order valence-electron chi connectivity index (χ2n) is 6.48. The maximum Gasteiger partial charge on any atom is 0.226 e. The van der Waals surface area contributed by atoms with Crippen molar-refractivity contribution in [1.29, 1.82) is 0 Å². The molecule has 0 unspecified atom stereocenters. The largest absolute Gasteiger partial charge is 0.332 e. The van der Waals surface area contributed by atoms with Crippen LogP contribution in [0, 0.1) is 5.41 Å². The van der Waals surface area contributed by atoms with E-state index in [0.29, 0.717) is 17.5 Å². The van der Waals surface area contributed by atoms with Crippen LogP contribution in [0.1, 0.15) is 52.5 Å². The Morgan fingerprint density at radius 3 is 2.40 bits per heavy atom. The van der Waals surface area contributed by atoms with Gasteiger partial charge in [0, 0.05) is 12.1 Å². The number of para-hydroxylation sites is 1. The van der Waals surface area contributed by atoms with Crippen molar-refractivity contribution in [3.05, 3.63) is 29.8 Å². The molecule has 0 aliphatic carbocycles. The van der Waals surface area contributed by atoms with Gasteiger partial charge in [0.25, 0.3) is 0 Å². The summed E-state index contributed by atoms with van der Waals surface area (Å²) in [6.07, 6.45) is 0.445. The third-order valence-electron chi connectivity index (χ3n) is 2.77. The van der Waals surface area contributed by atoms with E-state index in [-0.39, 0.29) is 11.3 Å². The SMILES string of the molecule is CC(C)c1ccccc1NC(=S)NC(=O)CC(C)(C)C. The van der Waals surface area contributed by atoms with Gasteiger partial charge in [-0.3, -0.25) is 4.79 Å². The molecule has 20 heavy (non-hydrogen) atoms. The summed E-state index contributed by atoms with van der Waals surface area (Å²) in [5, 5.41) is 6.19. The quantitative estimate of drug-likeness (QED) is 0.825. The molecule has 0 aliphatic rings. The first-order valence-corrected chi connectivity index (χ1v) is 7.29. The summed E-state index contributed by atoms with van der Waals surface area (Å²) in [4.78, 5) is 11.8. The highest BCUT2D eigenvalue weighted by molar-refractivity contribution is 7.80. The van der Waals surface area contributed by atoms with Crippen molar-refractivity contribution < 1.29 is 4.79 Å². The summed E-state index contributed by atoms with van der Waals surface area (Å²) in [7, 11) is 0. The molecule has 2 N–H and O–H groups in total. The molecule has 3 nitrogen and oxygen atoms in total. The average molecular weight is 292 g/mol. The Hall–Kier alpha value is -1.42. The number of amides is 1. The highest BCUT2D eigenvalue weighted by Gasteiger charge is 2.17. The van der Waals surface area contributed by atoms with Crippen LogP contribution in [0.25, 0.3) is 0 Å². The molecule has 1 amide bonds. The number of carbonyl (C=O) groups excluding carboxylic acids is 1. The van der Waals surface area contributed by atoms with Crippen LogP contribution in [-0.2, 0) is 4.79 Å². The Kier molecular flexibility index (Phi) is 5.69. The molecule has 1 aromatic rings. The summed E-state index contributed by atoms with van der Waals surface area (Å²) < 4.78 is 0. The van der Waals surface area contributed by atoms with Crippen LogP contribution in [0.15, 0.2) is 24.3 Å². The van der Waals surface area contributed by atoms with Crippen molar-refractivity contribution in [2.24, 2.45) is 5.41 Å². The van der Waals surface area contributed by atoms with Gasteiger partial charge >= 0.3 is 0 Å². The zero-order chi connectivity index (χ0) is 15.3. The fraction of sp³-hybridized carbons (Fsp3) is 0.500. The lowest BCUT2D eigenvalue weighted by Crippen LogP contribution is -2.36. The third kappa shape index (κ3) is 5.70. The van der Waals surface area contributed by atoms with E-state index < -0.39 is 0 Å². The second kappa shape index (κ2) is 6.84. The maximum atomic E-state index is 11.8. The number of carbonyl (C=O) groups is 1. The molecule has 0 aliphatic heterocycles. The lowest BCUT2D eigenvalue weighted by molar-refractivity contribution is -0.121. The first-order valence-electron chi connectivity index (χ1n) is 6.89. The lowest BCUT2D eigenvalue weighted by Gasteiger charge is -2.19. The monoisotopic (exact) mass is 292 g/mol. The van der Waals surface area contributed by atoms with E-state index in [1.807, 2.05) is 39.0 Å². The number of hydrogen-bond acceptors (Lipinski definition) is 2. The van der Waals surface area contributed by atoms with E-state index in [4.69, 9.17) is 12.2 Å². The zero-order valence-corrected chi connectivity index (χ0v) is 13.7. The Morgan fingerprint density at radius 2 is 1.85 bits per heavy atom. The summed E-state index contributed by atoms with van der Waals surface area (Å²) in [5.74, 6) is 0.337. The summed E-state index contributed by atoms with van der Waals surface area (Å²) in [5.41, 5.74) is 2.08. The fourth-order valence-electron chi connectivity index (χ4n) is 1.92. The Labute approximate surface area is 127 Å². The average Bonchev–Trinajstić information content (AvgIpc) is 2.26. The van der Waals surface area contributed by atoms with Crippen LogP contribution in [0.5, 0.6) is 0 Å². The van der Waals surface area contributed by atoms with Gasteiger partial charge in [-0.2, -0.15) is 0 Å². The van der Waals surface area contributed by atoms with Gasteiger partial charge in [0.15, 0.2) is 5.11 Å². The minimum atomic E-state index is -0.0583. The lowest BCUT2D eigenvalue weighted by atomic mass is 9.92. The number of thiocarbonyl (C=S) groups is 1. The van der Waals surface area contributed by atoms with E-state index in [1.54, 1.807) is 0 Å². The normalized spacial score (nSPS) is 11.3. The molecule has 0 spiro atoms. The topological polar surface area (TPSA) is 41.1 Å². The summed E-state index contributed by atoms with van der Waals surface area (Å²) in [6.45, 7) is 10.3. The first kappa shape index (κ1) is 16.6. The molecule has 0 saturated carbocycles. The molecule has 0 atom stereocenters. The van der Waals surface area contributed by atoms with E-state index in [0.717, 1.165) is 5.69 Å². The van der Waals surface area contributed by atoms with Crippen molar-refractivity contribution in [3.8, 4) is 0 Å². The van der Waals surface area contributed by atoms with Gasteiger partial charge in [-0.1, -0.05) is 52.8 Å². The predicted octanol–water partition coefficient (Wildman–Crippen LogP) is 4.06. The zero-order valence-electron chi connectivity index (χ0n) is 12.9. The predicted molar refractivity (Wildman–Crippen MR) is 89.0 cm³/mol. The fourth-order valence-corrected chi connectivity index (χ4v) is 2.14. The van der Waals surface area contributed by atoms with E-state index >= 15 is 0 Å². The Morgan fingerprint density at radius 1 is 1.25 bits per heavy atom. The van der Waals surface area contributed by atoms with Crippen molar-refractivity contribution in [2.75, 3.05) is 5.32 Å². The van der Waals surface area contributed by atoms with Crippen molar-refractivity contribution in [2.45, 2.75) is 47.0 Å². The van der Waals surface area contributed by atoms with Crippen LogP contribution < -0.4 is 10.6 Å². The third-order valence-corrected chi connectivity index (χ3v) is 2.98. The van der Waals surface area contributed by atoms with Gasteiger partial charge in [0.05, 0.1) is 0 Å². The van der Waals surface area contributed by atoms with Crippen LogP contribution >= 0.6 is 12.2 Å².